The number of aliphatic hydroxyl groups is 1. The van der Waals surface area contributed by atoms with E-state index in [0.29, 0.717) is 12.3 Å². The highest BCUT2D eigenvalue weighted by molar-refractivity contribution is 5.39. The largest absolute Gasteiger partial charge is 0.507 e. The molecule has 0 aliphatic rings. The highest BCUT2D eigenvalue weighted by Gasteiger charge is 2.11. The van der Waals surface area contributed by atoms with Crippen molar-refractivity contribution in [2.45, 2.75) is 26.4 Å². The van der Waals surface area contributed by atoms with Gasteiger partial charge in [0.15, 0.2) is 0 Å². The zero-order valence-electron chi connectivity index (χ0n) is 10.6. The van der Waals surface area contributed by atoms with Crippen molar-refractivity contribution in [3.8, 4) is 11.5 Å². The lowest BCUT2D eigenvalue weighted by molar-refractivity contribution is 0.207. The van der Waals surface area contributed by atoms with Crippen LogP contribution in [0.5, 0.6) is 11.5 Å². The minimum Gasteiger partial charge on any atom is -0.507 e. The van der Waals surface area contributed by atoms with Crippen LogP contribution in [0, 0.1) is 5.92 Å². The molecule has 0 amide bonds. The lowest BCUT2D eigenvalue weighted by atomic mass is 10.0. The van der Waals surface area contributed by atoms with Gasteiger partial charge < -0.3 is 20.3 Å². The molecule has 0 saturated carbocycles. The summed E-state index contributed by atoms with van der Waals surface area (Å²) in [6, 6.07) is 5.44. The molecule has 0 aliphatic carbocycles. The predicted molar refractivity (Wildman–Crippen MR) is 67.2 cm³/mol. The molecule has 4 heteroatoms. The molecular formula is C13H21NO3. The standard InChI is InChI=1S/C13H21NO3/c1-9(8-15)10(2)14-7-11-4-5-12(17-3)6-13(11)16/h4-6,9-10,14-16H,7-8H2,1-3H3. The normalized spacial score (nSPS) is 14.4. The van der Waals surface area contributed by atoms with E-state index in [1.807, 2.05) is 26.0 Å². The van der Waals surface area contributed by atoms with Gasteiger partial charge in [-0.25, -0.2) is 0 Å². The molecule has 0 heterocycles. The van der Waals surface area contributed by atoms with Crippen LogP contribution in [-0.2, 0) is 6.54 Å². The van der Waals surface area contributed by atoms with Crippen molar-refractivity contribution in [2.75, 3.05) is 13.7 Å². The van der Waals surface area contributed by atoms with Gasteiger partial charge in [0.05, 0.1) is 7.11 Å². The monoisotopic (exact) mass is 239 g/mol. The van der Waals surface area contributed by atoms with E-state index in [0.717, 1.165) is 5.56 Å². The Hall–Kier alpha value is -1.26. The Kier molecular flexibility index (Phi) is 5.25. The molecule has 1 rings (SSSR count). The Bertz CT molecular complexity index is 355. The molecule has 0 bridgehead atoms. The molecule has 0 spiro atoms. The Morgan fingerprint density at radius 1 is 1.35 bits per heavy atom. The molecule has 0 aliphatic heterocycles. The third kappa shape index (κ3) is 3.91. The average molecular weight is 239 g/mol. The molecular weight excluding hydrogens is 218 g/mol. The second-order valence-corrected chi connectivity index (χ2v) is 4.32. The topological polar surface area (TPSA) is 61.7 Å². The summed E-state index contributed by atoms with van der Waals surface area (Å²) in [7, 11) is 1.57. The molecule has 3 N–H and O–H groups in total. The summed E-state index contributed by atoms with van der Waals surface area (Å²) in [6.07, 6.45) is 0. The maximum absolute atomic E-state index is 9.76. The number of nitrogens with one attached hydrogen (secondary N) is 1. The second kappa shape index (κ2) is 6.47. The van der Waals surface area contributed by atoms with Gasteiger partial charge in [0.25, 0.3) is 0 Å². The number of phenols is 1. The molecule has 4 nitrogen and oxygen atoms in total. The molecule has 1 aromatic rings. The van der Waals surface area contributed by atoms with E-state index >= 15 is 0 Å². The summed E-state index contributed by atoms with van der Waals surface area (Å²) in [5.74, 6) is 1.05. The third-order valence-electron chi connectivity index (χ3n) is 3.05. The summed E-state index contributed by atoms with van der Waals surface area (Å²) in [5.41, 5.74) is 0.822. The summed E-state index contributed by atoms with van der Waals surface area (Å²) < 4.78 is 5.02. The van der Waals surface area contributed by atoms with E-state index in [-0.39, 0.29) is 24.3 Å². The van der Waals surface area contributed by atoms with Crippen molar-refractivity contribution in [2.24, 2.45) is 5.92 Å². The lowest BCUT2D eigenvalue weighted by Crippen LogP contribution is -2.33. The first-order valence-corrected chi connectivity index (χ1v) is 5.78. The fourth-order valence-electron chi connectivity index (χ4n) is 1.45. The number of rotatable bonds is 6. The molecule has 0 aromatic heterocycles. The highest BCUT2D eigenvalue weighted by atomic mass is 16.5. The van der Waals surface area contributed by atoms with E-state index in [2.05, 4.69) is 5.32 Å². The van der Waals surface area contributed by atoms with Crippen LogP contribution in [0.4, 0.5) is 0 Å². The van der Waals surface area contributed by atoms with Crippen LogP contribution in [0.2, 0.25) is 0 Å². The number of phenolic OH excluding ortho intramolecular Hbond substituents is 1. The Morgan fingerprint density at radius 3 is 2.59 bits per heavy atom. The Balaban J connectivity index is 2.57. The maximum Gasteiger partial charge on any atom is 0.123 e. The van der Waals surface area contributed by atoms with Gasteiger partial charge in [-0.15, -0.1) is 0 Å². The van der Waals surface area contributed by atoms with Gasteiger partial charge >= 0.3 is 0 Å². The minimum absolute atomic E-state index is 0.156. The molecule has 2 unspecified atom stereocenters. The van der Waals surface area contributed by atoms with Gasteiger partial charge in [0.1, 0.15) is 11.5 Å². The van der Waals surface area contributed by atoms with Gasteiger partial charge in [-0.3, -0.25) is 0 Å². The van der Waals surface area contributed by atoms with Gasteiger partial charge in [0, 0.05) is 30.8 Å². The van der Waals surface area contributed by atoms with E-state index in [4.69, 9.17) is 9.84 Å². The minimum atomic E-state index is 0.156. The number of aliphatic hydroxyl groups excluding tert-OH is 1. The number of hydrogen-bond donors (Lipinski definition) is 3. The highest BCUT2D eigenvalue weighted by Crippen LogP contribution is 2.23. The van der Waals surface area contributed by atoms with Crippen LogP contribution < -0.4 is 10.1 Å². The van der Waals surface area contributed by atoms with Crippen molar-refractivity contribution in [3.63, 3.8) is 0 Å². The van der Waals surface area contributed by atoms with Crippen LogP contribution in [0.25, 0.3) is 0 Å². The first-order valence-electron chi connectivity index (χ1n) is 5.78. The number of hydrogen-bond acceptors (Lipinski definition) is 4. The number of aromatic hydroxyl groups is 1. The Labute approximate surface area is 102 Å². The number of methoxy groups -OCH3 is 1. The number of benzene rings is 1. The van der Waals surface area contributed by atoms with Gasteiger partial charge in [-0.1, -0.05) is 13.0 Å². The first-order chi connectivity index (χ1) is 8.08. The SMILES string of the molecule is COc1ccc(CNC(C)C(C)CO)c(O)c1. The Morgan fingerprint density at radius 2 is 2.06 bits per heavy atom. The van der Waals surface area contributed by atoms with Crippen molar-refractivity contribution in [3.05, 3.63) is 23.8 Å². The van der Waals surface area contributed by atoms with E-state index < -0.39 is 0 Å². The van der Waals surface area contributed by atoms with Crippen molar-refractivity contribution in [1.29, 1.82) is 0 Å². The zero-order valence-corrected chi connectivity index (χ0v) is 10.6. The summed E-state index contributed by atoms with van der Waals surface area (Å²) in [5, 5.41) is 22.0. The quantitative estimate of drug-likeness (QED) is 0.704. The van der Waals surface area contributed by atoms with Crippen LogP contribution in [0.1, 0.15) is 19.4 Å². The van der Waals surface area contributed by atoms with Gasteiger partial charge in [0.2, 0.25) is 0 Å². The van der Waals surface area contributed by atoms with Crippen LogP contribution in [-0.4, -0.2) is 30.0 Å². The number of ether oxygens (including phenoxy) is 1. The van der Waals surface area contributed by atoms with Crippen LogP contribution in [0.15, 0.2) is 18.2 Å². The van der Waals surface area contributed by atoms with Crippen molar-refractivity contribution >= 4 is 0 Å². The van der Waals surface area contributed by atoms with Crippen LogP contribution in [0.3, 0.4) is 0 Å². The van der Waals surface area contributed by atoms with E-state index in [9.17, 15) is 5.11 Å². The lowest BCUT2D eigenvalue weighted by Gasteiger charge is -2.19. The average Bonchev–Trinajstić information content (AvgIpc) is 2.35. The maximum atomic E-state index is 9.76. The van der Waals surface area contributed by atoms with Crippen LogP contribution >= 0.6 is 0 Å². The fraction of sp³-hybridized carbons (Fsp3) is 0.538. The summed E-state index contributed by atoms with van der Waals surface area (Å²) >= 11 is 0. The zero-order chi connectivity index (χ0) is 12.8. The van der Waals surface area contributed by atoms with E-state index in [1.54, 1.807) is 13.2 Å². The van der Waals surface area contributed by atoms with Crippen molar-refractivity contribution in [1.82, 2.24) is 5.32 Å². The van der Waals surface area contributed by atoms with Gasteiger partial charge in [-0.2, -0.15) is 0 Å². The first kappa shape index (κ1) is 13.8. The molecule has 0 saturated heterocycles. The van der Waals surface area contributed by atoms with E-state index in [1.165, 1.54) is 0 Å². The molecule has 17 heavy (non-hydrogen) atoms. The smallest absolute Gasteiger partial charge is 0.123 e. The third-order valence-corrected chi connectivity index (χ3v) is 3.05. The fourth-order valence-corrected chi connectivity index (χ4v) is 1.45. The molecule has 0 radical (unpaired) electrons. The molecule has 1 aromatic carbocycles. The van der Waals surface area contributed by atoms with Crippen molar-refractivity contribution < 1.29 is 14.9 Å². The van der Waals surface area contributed by atoms with Gasteiger partial charge in [-0.05, 0) is 18.9 Å². The predicted octanol–water partition coefficient (Wildman–Crippen LogP) is 1.51. The second-order valence-electron chi connectivity index (χ2n) is 4.32. The summed E-state index contributed by atoms with van der Waals surface area (Å²) in [6.45, 7) is 4.72. The molecule has 0 fully saturated rings. The molecule has 96 valence electrons. The molecule has 2 atom stereocenters. The summed E-state index contributed by atoms with van der Waals surface area (Å²) in [4.78, 5) is 0.